The number of nitrogens with zero attached hydrogens (tertiary/aromatic N) is 1. The first-order chi connectivity index (χ1) is 14.7. The zero-order valence-electron chi connectivity index (χ0n) is 17.6. The van der Waals surface area contributed by atoms with Gasteiger partial charge in [-0.05, 0) is 37.4 Å². The van der Waals surface area contributed by atoms with Crippen molar-refractivity contribution in [1.29, 1.82) is 0 Å². The third kappa shape index (κ3) is 5.40. The maximum atomic E-state index is 12.8. The van der Waals surface area contributed by atoms with Crippen LogP contribution in [-0.4, -0.2) is 39.1 Å². The Morgan fingerprint density at radius 1 is 0.935 bits per heavy atom. The smallest absolute Gasteiger partial charge is 0.253 e. The average Bonchev–Trinajstić information content (AvgIpc) is 2.71. The van der Waals surface area contributed by atoms with Crippen LogP contribution in [0.15, 0.2) is 66.7 Å². The minimum absolute atomic E-state index is 0.0663. The van der Waals surface area contributed by atoms with Gasteiger partial charge in [-0.1, -0.05) is 48.5 Å². The summed E-state index contributed by atoms with van der Waals surface area (Å²) in [5.74, 6) is -0.872. The third-order valence-corrected chi connectivity index (χ3v) is 5.71. The van der Waals surface area contributed by atoms with Crippen LogP contribution in [0.1, 0.15) is 24.2 Å². The highest BCUT2D eigenvalue weighted by Gasteiger charge is 2.23. The number of anilines is 2. The second kappa shape index (κ2) is 9.18. The Kier molecular flexibility index (Phi) is 6.60. The van der Waals surface area contributed by atoms with Crippen molar-refractivity contribution in [3.8, 4) is 0 Å². The predicted molar refractivity (Wildman–Crippen MR) is 124 cm³/mol. The van der Waals surface area contributed by atoms with E-state index >= 15 is 0 Å². The molecule has 8 heteroatoms. The van der Waals surface area contributed by atoms with E-state index in [1.165, 1.54) is 0 Å². The lowest BCUT2D eigenvalue weighted by Gasteiger charge is -2.23. The summed E-state index contributed by atoms with van der Waals surface area (Å²) in [6.07, 6.45) is 1.06. The summed E-state index contributed by atoms with van der Waals surface area (Å²) in [6, 6.07) is 19.2. The largest absolute Gasteiger partial charge is 0.350 e. The molecule has 3 aromatic carbocycles. The van der Waals surface area contributed by atoms with Crippen molar-refractivity contribution >= 4 is 44.0 Å². The molecule has 162 valence electrons. The first-order valence-electron chi connectivity index (χ1n) is 9.82. The Morgan fingerprint density at radius 2 is 1.58 bits per heavy atom. The zero-order valence-corrected chi connectivity index (χ0v) is 18.4. The van der Waals surface area contributed by atoms with Crippen LogP contribution in [0.2, 0.25) is 0 Å². The molecule has 2 amide bonds. The fourth-order valence-corrected chi connectivity index (χ4v) is 4.13. The van der Waals surface area contributed by atoms with E-state index < -0.39 is 22.5 Å². The molecule has 3 aromatic rings. The van der Waals surface area contributed by atoms with Gasteiger partial charge in [0.1, 0.15) is 6.54 Å². The molecule has 0 radical (unpaired) electrons. The molecule has 0 saturated carbocycles. The fourth-order valence-electron chi connectivity index (χ4n) is 3.26. The number of sulfonamides is 1. The van der Waals surface area contributed by atoms with Gasteiger partial charge in [-0.2, -0.15) is 0 Å². The quantitative estimate of drug-likeness (QED) is 0.590. The molecule has 2 N–H and O–H groups in total. The first kappa shape index (κ1) is 22.3. The molecular weight excluding hydrogens is 414 g/mol. The molecule has 0 atom stereocenters. The van der Waals surface area contributed by atoms with Gasteiger partial charge in [0, 0.05) is 11.4 Å². The standard InChI is InChI=1S/C23H25N3O4S/c1-16(2)24-23(28)19-12-6-7-13-20(19)25-22(27)15-26(31(3,29)30)21-14-8-10-17-9-4-5-11-18(17)21/h4-14,16H,15H2,1-3H3,(H,24,28)(H,25,27). The highest BCUT2D eigenvalue weighted by molar-refractivity contribution is 7.92. The number of hydrogen-bond acceptors (Lipinski definition) is 4. The van der Waals surface area contributed by atoms with Gasteiger partial charge in [-0.15, -0.1) is 0 Å². The Bertz CT molecular complexity index is 1220. The molecule has 0 aromatic heterocycles. The molecule has 31 heavy (non-hydrogen) atoms. The van der Waals surface area contributed by atoms with Crippen LogP contribution in [0.5, 0.6) is 0 Å². The van der Waals surface area contributed by atoms with E-state index in [0.29, 0.717) is 16.9 Å². The lowest BCUT2D eigenvalue weighted by atomic mass is 10.1. The maximum absolute atomic E-state index is 12.8. The van der Waals surface area contributed by atoms with Crippen LogP contribution in [0.25, 0.3) is 10.8 Å². The normalized spacial score (nSPS) is 11.4. The molecule has 3 rings (SSSR count). The maximum Gasteiger partial charge on any atom is 0.253 e. The number of carbonyl (C=O) groups excluding carboxylic acids is 2. The summed E-state index contributed by atoms with van der Waals surface area (Å²) in [7, 11) is -3.75. The molecule has 0 aliphatic carbocycles. The lowest BCUT2D eigenvalue weighted by molar-refractivity contribution is -0.114. The van der Waals surface area contributed by atoms with Crippen LogP contribution in [0, 0.1) is 0 Å². The number of amides is 2. The van der Waals surface area contributed by atoms with Crippen molar-refractivity contribution in [2.24, 2.45) is 0 Å². The molecule has 0 saturated heterocycles. The second-order valence-electron chi connectivity index (χ2n) is 7.49. The van der Waals surface area contributed by atoms with Gasteiger partial charge in [0.15, 0.2) is 0 Å². The minimum Gasteiger partial charge on any atom is -0.350 e. The Balaban J connectivity index is 1.90. The fraction of sp³-hybridized carbons (Fsp3) is 0.217. The highest BCUT2D eigenvalue weighted by Crippen LogP contribution is 2.28. The summed E-state index contributed by atoms with van der Waals surface area (Å²) in [5, 5.41) is 7.05. The SMILES string of the molecule is CC(C)NC(=O)c1ccccc1NC(=O)CN(c1cccc2ccccc12)S(C)(=O)=O. The summed E-state index contributed by atoms with van der Waals surface area (Å²) in [4.78, 5) is 25.3. The molecule has 0 heterocycles. The predicted octanol–water partition coefficient (Wildman–Crippen LogP) is 3.38. The number of carbonyl (C=O) groups is 2. The van der Waals surface area contributed by atoms with Gasteiger partial charge in [-0.3, -0.25) is 13.9 Å². The van der Waals surface area contributed by atoms with Crippen LogP contribution in [0.4, 0.5) is 11.4 Å². The number of nitrogens with one attached hydrogen (secondary N) is 2. The topological polar surface area (TPSA) is 95.6 Å². The van der Waals surface area contributed by atoms with Crippen molar-refractivity contribution in [2.75, 3.05) is 22.4 Å². The molecular formula is C23H25N3O4S. The summed E-state index contributed by atoms with van der Waals surface area (Å²) < 4.78 is 26.2. The number of benzene rings is 3. The van der Waals surface area contributed by atoms with E-state index in [1.807, 2.05) is 44.2 Å². The number of hydrogen-bond donors (Lipinski definition) is 2. The van der Waals surface area contributed by atoms with E-state index in [0.717, 1.165) is 21.3 Å². The Morgan fingerprint density at radius 3 is 2.29 bits per heavy atom. The monoisotopic (exact) mass is 439 g/mol. The number of fused-ring (bicyclic) bond motifs is 1. The average molecular weight is 440 g/mol. The summed E-state index contributed by atoms with van der Waals surface area (Å²) >= 11 is 0. The van der Waals surface area contributed by atoms with Crippen molar-refractivity contribution in [3.63, 3.8) is 0 Å². The van der Waals surface area contributed by atoms with E-state index in [9.17, 15) is 18.0 Å². The second-order valence-corrected chi connectivity index (χ2v) is 9.40. The van der Waals surface area contributed by atoms with Crippen LogP contribution >= 0.6 is 0 Å². The number of para-hydroxylation sites is 1. The van der Waals surface area contributed by atoms with Gasteiger partial charge in [0.2, 0.25) is 15.9 Å². The van der Waals surface area contributed by atoms with Crippen LogP contribution < -0.4 is 14.9 Å². The van der Waals surface area contributed by atoms with Crippen LogP contribution in [0.3, 0.4) is 0 Å². The van der Waals surface area contributed by atoms with E-state index in [4.69, 9.17) is 0 Å². The van der Waals surface area contributed by atoms with Gasteiger partial charge < -0.3 is 10.6 Å². The molecule has 0 fully saturated rings. The molecule has 7 nitrogen and oxygen atoms in total. The first-order valence-corrected chi connectivity index (χ1v) is 11.7. The highest BCUT2D eigenvalue weighted by atomic mass is 32.2. The lowest BCUT2D eigenvalue weighted by Crippen LogP contribution is -2.38. The van der Waals surface area contributed by atoms with Gasteiger partial charge in [-0.25, -0.2) is 8.42 Å². The third-order valence-electron chi connectivity index (χ3n) is 4.59. The van der Waals surface area contributed by atoms with Gasteiger partial charge in [0.05, 0.1) is 23.2 Å². The van der Waals surface area contributed by atoms with Crippen molar-refractivity contribution < 1.29 is 18.0 Å². The van der Waals surface area contributed by atoms with E-state index in [2.05, 4.69) is 10.6 Å². The Labute approximate surface area is 182 Å². The molecule has 0 aliphatic rings. The van der Waals surface area contributed by atoms with Crippen molar-refractivity contribution in [2.45, 2.75) is 19.9 Å². The molecule has 0 unspecified atom stereocenters. The van der Waals surface area contributed by atoms with Crippen molar-refractivity contribution in [3.05, 3.63) is 72.3 Å². The number of rotatable bonds is 7. The Hall–Kier alpha value is -3.39. The van der Waals surface area contributed by atoms with Gasteiger partial charge >= 0.3 is 0 Å². The molecule has 0 spiro atoms. The van der Waals surface area contributed by atoms with Gasteiger partial charge in [0.25, 0.3) is 5.91 Å². The van der Waals surface area contributed by atoms with E-state index in [-0.39, 0.29) is 11.9 Å². The molecule has 0 bridgehead atoms. The minimum atomic E-state index is -3.75. The van der Waals surface area contributed by atoms with E-state index in [1.54, 1.807) is 36.4 Å². The van der Waals surface area contributed by atoms with Crippen LogP contribution in [-0.2, 0) is 14.8 Å². The summed E-state index contributed by atoms with van der Waals surface area (Å²) in [5.41, 5.74) is 1.04. The van der Waals surface area contributed by atoms with Crippen molar-refractivity contribution in [1.82, 2.24) is 5.32 Å². The summed E-state index contributed by atoms with van der Waals surface area (Å²) in [6.45, 7) is 3.26. The zero-order chi connectivity index (χ0) is 22.6. The molecule has 0 aliphatic heterocycles.